The van der Waals surface area contributed by atoms with Gasteiger partial charge in [-0.1, -0.05) is 0 Å². The van der Waals surface area contributed by atoms with E-state index in [9.17, 15) is 19.1 Å². The maximum absolute atomic E-state index is 14.0. The molecule has 0 spiro atoms. The number of amides is 2. The summed E-state index contributed by atoms with van der Waals surface area (Å²) in [5.74, 6) is -0.755. The van der Waals surface area contributed by atoms with Gasteiger partial charge in [-0.15, -0.1) is 0 Å². The Balaban J connectivity index is 1.35. The van der Waals surface area contributed by atoms with Crippen molar-refractivity contribution in [2.75, 3.05) is 44.6 Å². The van der Waals surface area contributed by atoms with Crippen molar-refractivity contribution in [2.24, 2.45) is 0 Å². The number of rotatable bonds is 5. The molecule has 0 aliphatic carbocycles. The van der Waals surface area contributed by atoms with Crippen LogP contribution in [-0.4, -0.2) is 77.3 Å². The molecule has 0 saturated carbocycles. The van der Waals surface area contributed by atoms with Crippen molar-refractivity contribution in [1.29, 1.82) is 0 Å². The van der Waals surface area contributed by atoms with E-state index in [0.717, 1.165) is 43.6 Å². The van der Waals surface area contributed by atoms with Crippen molar-refractivity contribution in [1.82, 2.24) is 14.8 Å². The number of H-pyrrole nitrogens is 1. The average Bonchev–Trinajstić information content (AvgIpc) is 3.23. The summed E-state index contributed by atoms with van der Waals surface area (Å²) < 4.78 is 19.7. The Morgan fingerprint density at radius 1 is 1.29 bits per heavy atom. The molecule has 1 aromatic heterocycles. The van der Waals surface area contributed by atoms with Gasteiger partial charge in [0.15, 0.2) is 6.29 Å². The number of aromatic nitrogens is 1. The molecule has 0 bridgehead atoms. The fourth-order valence-electron chi connectivity index (χ4n) is 5.10. The predicted molar refractivity (Wildman–Crippen MR) is 133 cm³/mol. The van der Waals surface area contributed by atoms with Crippen LogP contribution in [0.1, 0.15) is 45.7 Å². The Hall–Kier alpha value is -2.53. The van der Waals surface area contributed by atoms with E-state index in [4.69, 9.17) is 4.74 Å². The van der Waals surface area contributed by atoms with Gasteiger partial charge in [-0.2, -0.15) is 0 Å². The third-order valence-electron chi connectivity index (χ3n) is 6.87. The molecule has 3 aliphatic rings. The van der Waals surface area contributed by atoms with Crippen molar-refractivity contribution < 1.29 is 23.8 Å². The van der Waals surface area contributed by atoms with E-state index in [1.165, 1.54) is 12.1 Å². The van der Waals surface area contributed by atoms with E-state index in [-0.39, 0.29) is 11.8 Å². The lowest BCUT2D eigenvalue weighted by atomic mass is 10.0. The van der Waals surface area contributed by atoms with Crippen LogP contribution in [0, 0.1) is 12.7 Å². The number of aliphatic hydroxyl groups is 1. The van der Waals surface area contributed by atoms with Crippen LogP contribution in [0.4, 0.5) is 10.1 Å². The first kappa shape index (κ1) is 24.2. The number of β-amino-alcohol motifs (C(OH)–C–C–N with tert-alkyl or cyclic N) is 1. The molecule has 186 valence electrons. The summed E-state index contributed by atoms with van der Waals surface area (Å²) in [5.41, 5.74) is 4.41. The number of nitrogens with zero attached hydrogens (tertiary/aromatic N) is 2. The average molecular weight is 547 g/mol. The normalized spacial score (nSPS) is 21.8. The number of aromatic amines is 1. The second-order valence-electron chi connectivity index (χ2n) is 9.21. The van der Waals surface area contributed by atoms with E-state index >= 15 is 0 Å². The number of hydrogen-bond acceptors (Lipinski definition) is 5. The Labute approximate surface area is 211 Å². The zero-order chi connectivity index (χ0) is 24.7. The minimum absolute atomic E-state index is 0.0111. The van der Waals surface area contributed by atoms with Crippen molar-refractivity contribution in [3.8, 4) is 0 Å². The summed E-state index contributed by atoms with van der Waals surface area (Å²) in [5, 5.41) is 12.5. The zero-order valence-corrected chi connectivity index (χ0v) is 21.1. The lowest BCUT2D eigenvalue weighted by Crippen LogP contribution is -2.43. The molecule has 3 aliphatic heterocycles. The number of aryl methyl sites for hydroxylation is 1. The lowest BCUT2D eigenvalue weighted by molar-refractivity contribution is -0.146. The minimum Gasteiger partial charge on any atom is -0.367 e. The number of halogens is 2. The van der Waals surface area contributed by atoms with Crippen LogP contribution < -0.4 is 5.32 Å². The van der Waals surface area contributed by atoms with E-state index in [1.807, 2.05) is 11.8 Å². The van der Waals surface area contributed by atoms with Crippen LogP contribution in [0.25, 0.3) is 11.6 Å². The molecule has 1 atom stereocenters. The maximum Gasteiger partial charge on any atom is 0.256 e. The van der Waals surface area contributed by atoms with Crippen LogP contribution in [0.2, 0.25) is 0 Å². The third kappa shape index (κ3) is 4.80. The highest BCUT2D eigenvalue weighted by Crippen LogP contribution is 2.39. The van der Waals surface area contributed by atoms with Gasteiger partial charge in [-0.25, -0.2) is 4.39 Å². The van der Waals surface area contributed by atoms with Crippen molar-refractivity contribution in [2.45, 2.75) is 32.5 Å². The number of ether oxygens (including phenoxy) is 1. The third-order valence-corrected chi connectivity index (χ3v) is 7.50. The van der Waals surface area contributed by atoms with Crippen LogP contribution in [0.15, 0.2) is 16.6 Å². The summed E-state index contributed by atoms with van der Waals surface area (Å²) in [7, 11) is 0. The topological polar surface area (TPSA) is 97.9 Å². The fourth-order valence-corrected chi connectivity index (χ4v) is 5.63. The number of morpholine rings is 1. The molecule has 2 aromatic rings. The van der Waals surface area contributed by atoms with E-state index in [0.29, 0.717) is 58.8 Å². The molecule has 0 radical (unpaired) electrons. The number of aliphatic hydroxyl groups excluding tert-OH is 1. The highest BCUT2D eigenvalue weighted by Gasteiger charge is 2.30. The van der Waals surface area contributed by atoms with Crippen molar-refractivity contribution in [3.63, 3.8) is 0 Å². The Bertz CT molecular complexity index is 1210. The van der Waals surface area contributed by atoms with Crippen molar-refractivity contribution in [3.05, 3.63) is 50.5 Å². The molecule has 4 heterocycles. The number of carbonyl (C=O) groups excluding carboxylic acids is 2. The molecule has 1 fully saturated rings. The number of nitrogens with one attached hydrogen (secondary N) is 2. The molecule has 1 saturated heterocycles. The highest BCUT2D eigenvalue weighted by molar-refractivity contribution is 9.10. The molecule has 2 amide bonds. The quantitative estimate of drug-likeness (QED) is 0.500. The molecular weight excluding hydrogens is 519 g/mol. The van der Waals surface area contributed by atoms with E-state index < -0.39 is 12.1 Å². The van der Waals surface area contributed by atoms with E-state index in [2.05, 4.69) is 31.1 Å². The molecule has 8 nitrogen and oxygen atoms in total. The monoisotopic (exact) mass is 546 g/mol. The number of hydrogen-bond donors (Lipinski definition) is 3. The lowest BCUT2D eigenvalue weighted by Gasteiger charge is -2.30. The van der Waals surface area contributed by atoms with Crippen LogP contribution in [0.3, 0.4) is 0 Å². The first-order valence-corrected chi connectivity index (χ1v) is 12.7. The summed E-state index contributed by atoms with van der Waals surface area (Å²) in [6.45, 7) is 5.78. The second-order valence-corrected chi connectivity index (χ2v) is 10.1. The molecule has 10 heteroatoms. The van der Waals surface area contributed by atoms with Crippen LogP contribution in [0.5, 0.6) is 0 Å². The van der Waals surface area contributed by atoms with Crippen molar-refractivity contribution >= 4 is 45.1 Å². The highest BCUT2D eigenvalue weighted by atomic mass is 79.9. The number of fused-ring (bicyclic) bond motifs is 2. The predicted octanol–water partition coefficient (Wildman–Crippen LogP) is 3.15. The van der Waals surface area contributed by atoms with Gasteiger partial charge in [0.2, 0.25) is 0 Å². The Kier molecular flexibility index (Phi) is 6.80. The first-order valence-electron chi connectivity index (χ1n) is 11.9. The standard InChI is InChI=1S/C25H28BrFN4O4/c1-14-20(12-17-16-10-15(27)11-18(26)23(16)29-24(17)33)28-19-4-2-6-31(25(34)22(14)19)7-3-5-30-8-9-35-21(32)13-30/h10-12,21,28,32H,2-9,13H2,1H3,(H,29,33). The van der Waals surface area contributed by atoms with Gasteiger partial charge in [-0.05, 0) is 65.9 Å². The summed E-state index contributed by atoms with van der Waals surface area (Å²) in [4.78, 5) is 33.5. The van der Waals surface area contributed by atoms with Gasteiger partial charge in [-0.3, -0.25) is 14.5 Å². The van der Waals surface area contributed by atoms with E-state index in [1.54, 1.807) is 6.08 Å². The number of anilines is 1. The summed E-state index contributed by atoms with van der Waals surface area (Å²) >= 11 is 3.31. The molecule has 3 N–H and O–H groups in total. The first-order chi connectivity index (χ1) is 16.8. The van der Waals surface area contributed by atoms with Gasteiger partial charge < -0.3 is 25.0 Å². The van der Waals surface area contributed by atoms with Crippen LogP contribution in [-0.2, 0) is 16.0 Å². The Morgan fingerprint density at radius 2 is 2.11 bits per heavy atom. The number of benzene rings is 1. The molecule has 35 heavy (non-hydrogen) atoms. The SMILES string of the molecule is Cc1c(C=C2C(=O)Nc3c(Br)cc(F)cc32)[nH]c2c1C(=O)N(CCCN1CCOC(O)C1)CCC2. The van der Waals surface area contributed by atoms with Crippen LogP contribution >= 0.6 is 15.9 Å². The van der Waals surface area contributed by atoms with Gasteiger partial charge in [0.1, 0.15) is 5.82 Å². The summed E-state index contributed by atoms with van der Waals surface area (Å²) in [6.07, 6.45) is 3.35. The molecule has 5 rings (SSSR count). The molecule has 1 unspecified atom stereocenters. The Morgan fingerprint density at radius 3 is 2.91 bits per heavy atom. The molecular formula is C25H28BrFN4O4. The van der Waals surface area contributed by atoms with Gasteiger partial charge in [0.25, 0.3) is 11.8 Å². The second kappa shape index (κ2) is 9.85. The minimum atomic E-state index is -0.743. The molecule has 1 aromatic carbocycles. The fraction of sp³-hybridized carbons (Fsp3) is 0.440. The number of carbonyl (C=O) groups is 2. The van der Waals surface area contributed by atoms with Gasteiger partial charge in [0.05, 0.1) is 23.4 Å². The summed E-state index contributed by atoms with van der Waals surface area (Å²) in [6, 6.07) is 2.66. The maximum atomic E-state index is 14.0. The van der Waals surface area contributed by atoms with Gasteiger partial charge >= 0.3 is 0 Å². The largest absolute Gasteiger partial charge is 0.367 e. The zero-order valence-electron chi connectivity index (χ0n) is 19.5. The van der Waals surface area contributed by atoms with Gasteiger partial charge in [0, 0.05) is 54.1 Å². The smallest absolute Gasteiger partial charge is 0.256 e.